The first kappa shape index (κ1) is 25.3. The first-order valence-corrected chi connectivity index (χ1v) is 13.2. The van der Waals surface area contributed by atoms with Crippen LogP contribution in [-0.4, -0.2) is 34.7 Å². The highest BCUT2D eigenvalue weighted by Crippen LogP contribution is 2.35. The van der Waals surface area contributed by atoms with Crippen molar-refractivity contribution in [2.24, 2.45) is 11.8 Å². The quantitative estimate of drug-likeness (QED) is 0.432. The summed E-state index contributed by atoms with van der Waals surface area (Å²) in [4.78, 5) is 28.5. The Labute approximate surface area is 215 Å². The number of piperidine rings is 1. The molecule has 3 heterocycles. The molecule has 0 unspecified atom stereocenters. The van der Waals surface area contributed by atoms with Crippen molar-refractivity contribution in [3.63, 3.8) is 0 Å². The Balaban J connectivity index is 1.53. The third kappa shape index (κ3) is 5.70. The molecule has 0 aliphatic carbocycles. The molecule has 1 aliphatic heterocycles. The summed E-state index contributed by atoms with van der Waals surface area (Å²) in [6.45, 7) is 9.04. The fraction of sp³-hybridized carbons (Fsp3) is 0.423. The van der Waals surface area contributed by atoms with Crippen LogP contribution in [0.2, 0.25) is 5.02 Å². The molecule has 9 heteroatoms. The van der Waals surface area contributed by atoms with Gasteiger partial charge in [-0.25, -0.2) is 4.68 Å². The normalized spacial score (nSPS) is 15.3. The van der Waals surface area contributed by atoms with Crippen molar-refractivity contribution in [2.45, 2.75) is 46.6 Å². The molecule has 0 bridgehead atoms. The molecule has 1 aromatic carbocycles. The van der Waals surface area contributed by atoms with E-state index in [2.05, 4.69) is 35.4 Å². The van der Waals surface area contributed by atoms with Crippen LogP contribution in [-0.2, 0) is 9.59 Å². The molecule has 35 heavy (non-hydrogen) atoms. The summed E-state index contributed by atoms with van der Waals surface area (Å²) in [6.07, 6.45) is 1.46. The van der Waals surface area contributed by atoms with Gasteiger partial charge in [0, 0.05) is 35.8 Å². The van der Waals surface area contributed by atoms with Crippen LogP contribution in [0.4, 0.5) is 11.5 Å². The zero-order chi connectivity index (χ0) is 25.1. The summed E-state index contributed by atoms with van der Waals surface area (Å²) < 4.78 is 1.85. The van der Waals surface area contributed by atoms with Crippen molar-refractivity contribution in [3.8, 4) is 5.69 Å². The molecule has 7 nitrogen and oxygen atoms in total. The van der Waals surface area contributed by atoms with Gasteiger partial charge in [0.2, 0.25) is 11.8 Å². The molecule has 1 saturated heterocycles. The number of nitrogens with one attached hydrogen (secondary N) is 2. The second-order valence-corrected chi connectivity index (χ2v) is 10.8. The Morgan fingerprint density at radius 1 is 1.14 bits per heavy atom. The summed E-state index contributed by atoms with van der Waals surface area (Å²) in [7, 11) is 0. The molecule has 1 atom stereocenters. The summed E-state index contributed by atoms with van der Waals surface area (Å²) in [5, 5.41) is 13.7. The Bertz CT molecular complexity index is 1170. The lowest BCUT2D eigenvalue weighted by atomic mass is 9.94. The number of hydrogen-bond donors (Lipinski definition) is 2. The molecule has 1 fully saturated rings. The van der Waals surface area contributed by atoms with Gasteiger partial charge in [0.05, 0.1) is 17.4 Å². The predicted molar refractivity (Wildman–Crippen MR) is 143 cm³/mol. The van der Waals surface area contributed by atoms with E-state index in [0.29, 0.717) is 29.7 Å². The molecule has 0 spiro atoms. The molecule has 0 saturated carbocycles. The van der Waals surface area contributed by atoms with E-state index in [-0.39, 0.29) is 23.8 Å². The van der Waals surface area contributed by atoms with E-state index in [4.69, 9.17) is 16.7 Å². The van der Waals surface area contributed by atoms with Crippen molar-refractivity contribution in [2.75, 3.05) is 23.3 Å². The van der Waals surface area contributed by atoms with Crippen LogP contribution in [0.25, 0.3) is 5.69 Å². The third-order valence-electron chi connectivity index (χ3n) is 6.39. The molecule has 2 aromatic heterocycles. The second-order valence-electron chi connectivity index (χ2n) is 9.36. The Morgan fingerprint density at radius 3 is 2.40 bits per heavy atom. The molecule has 4 rings (SSSR count). The lowest BCUT2D eigenvalue weighted by Crippen LogP contribution is -2.43. The summed E-state index contributed by atoms with van der Waals surface area (Å²) in [5.41, 5.74) is 2.30. The van der Waals surface area contributed by atoms with E-state index in [0.717, 1.165) is 30.0 Å². The van der Waals surface area contributed by atoms with Crippen molar-refractivity contribution in [3.05, 3.63) is 57.4 Å². The first-order valence-electron chi connectivity index (χ1n) is 12.0. The van der Waals surface area contributed by atoms with Crippen LogP contribution in [0.3, 0.4) is 0 Å². The van der Waals surface area contributed by atoms with Gasteiger partial charge in [-0.3, -0.25) is 9.59 Å². The van der Waals surface area contributed by atoms with E-state index in [1.54, 1.807) is 11.3 Å². The molecule has 3 aromatic rings. The van der Waals surface area contributed by atoms with E-state index in [9.17, 15) is 9.59 Å². The van der Waals surface area contributed by atoms with Gasteiger partial charge in [0.1, 0.15) is 5.69 Å². The molecular formula is C26H32ClN5O2S. The summed E-state index contributed by atoms with van der Waals surface area (Å²) in [5.74, 6) is 1.06. The predicted octanol–water partition coefficient (Wildman–Crippen LogP) is 5.58. The first-order chi connectivity index (χ1) is 16.7. The number of amides is 2. The number of halogens is 1. The van der Waals surface area contributed by atoms with Crippen LogP contribution in [0.5, 0.6) is 0 Å². The smallest absolute Gasteiger partial charge is 0.223 e. The number of benzene rings is 1. The minimum atomic E-state index is -0.146. The number of hydrogen-bond acceptors (Lipinski definition) is 5. The van der Waals surface area contributed by atoms with Gasteiger partial charge in [-0.05, 0) is 61.4 Å². The Hall–Kier alpha value is -2.84. The van der Waals surface area contributed by atoms with E-state index >= 15 is 0 Å². The second kappa shape index (κ2) is 10.8. The fourth-order valence-corrected chi connectivity index (χ4v) is 5.63. The molecule has 2 N–H and O–H groups in total. The largest absolute Gasteiger partial charge is 0.355 e. The minimum absolute atomic E-state index is 0.0286. The van der Waals surface area contributed by atoms with Gasteiger partial charge in [-0.2, -0.15) is 5.10 Å². The van der Waals surface area contributed by atoms with E-state index in [1.165, 1.54) is 11.8 Å². The fourth-order valence-electron chi connectivity index (χ4n) is 4.55. The standard InChI is InChI=1S/C26H32ClN5O2S/c1-16(2)23(22-6-5-15-35-22)29-25(34)19-11-13-31(14-12-19)26-24(28-18(4)33)17(3)30-32(26)21-9-7-20(27)8-10-21/h5-10,15-16,19,23H,11-14H2,1-4H3,(H,28,33)(H,29,34)/t23-/m0/s1. The summed E-state index contributed by atoms with van der Waals surface area (Å²) in [6, 6.07) is 11.6. The monoisotopic (exact) mass is 513 g/mol. The number of aryl methyl sites for hydroxylation is 1. The number of anilines is 2. The van der Waals surface area contributed by atoms with E-state index < -0.39 is 0 Å². The molecule has 0 radical (unpaired) electrons. The molecule has 1 aliphatic rings. The van der Waals surface area contributed by atoms with Crippen LogP contribution < -0.4 is 15.5 Å². The number of rotatable bonds is 7. The highest BCUT2D eigenvalue weighted by Gasteiger charge is 2.31. The summed E-state index contributed by atoms with van der Waals surface area (Å²) >= 11 is 7.77. The maximum atomic E-state index is 13.2. The van der Waals surface area contributed by atoms with Crippen molar-refractivity contribution < 1.29 is 9.59 Å². The zero-order valence-electron chi connectivity index (χ0n) is 20.5. The number of carbonyl (C=O) groups excluding carboxylic acids is 2. The third-order valence-corrected chi connectivity index (χ3v) is 7.60. The zero-order valence-corrected chi connectivity index (χ0v) is 22.1. The minimum Gasteiger partial charge on any atom is -0.355 e. The highest BCUT2D eigenvalue weighted by molar-refractivity contribution is 7.10. The van der Waals surface area contributed by atoms with E-state index in [1.807, 2.05) is 47.3 Å². The molecular weight excluding hydrogens is 482 g/mol. The maximum Gasteiger partial charge on any atom is 0.223 e. The van der Waals surface area contributed by atoms with Crippen molar-refractivity contribution in [1.82, 2.24) is 15.1 Å². The molecule has 186 valence electrons. The van der Waals surface area contributed by atoms with Gasteiger partial charge in [0.15, 0.2) is 5.82 Å². The lowest BCUT2D eigenvalue weighted by Gasteiger charge is -2.34. The number of thiophene rings is 1. The van der Waals surface area contributed by atoms with Gasteiger partial charge in [-0.15, -0.1) is 11.3 Å². The molecule has 2 amide bonds. The lowest BCUT2D eigenvalue weighted by molar-refractivity contribution is -0.126. The maximum absolute atomic E-state index is 13.2. The average Bonchev–Trinajstić information content (AvgIpc) is 3.46. The van der Waals surface area contributed by atoms with Crippen LogP contribution >= 0.6 is 22.9 Å². The van der Waals surface area contributed by atoms with Crippen LogP contribution in [0, 0.1) is 18.8 Å². The average molecular weight is 514 g/mol. The topological polar surface area (TPSA) is 79.3 Å². The Kier molecular flexibility index (Phi) is 7.82. The highest BCUT2D eigenvalue weighted by atomic mass is 35.5. The number of carbonyl (C=O) groups is 2. The van der Waals surface area contributed by atoms with Gasteiger partial charge >= 0.3 is 0 Å². The van der Waals surface area contributed by atoms with Crippen LogP contribution in [0.15, 0.2) is 41.8 Å². The van der Waals surface area contributed by atoms with Crippen molar-refractivity contribution >= 4 is 46.3 Å². The van der Waals surface area contributed by atoms with Gasteiger partial charge in [0.25, 0.3) is 0 Å². The van der Waals surface area contributed by atoms with Gasteiger partial charge in [-0.1, -0.05) is 31.5 Å². The Morgan fingerprint density at radius 2 is 1.83 bits per heavy atom. The van der Waals surface area contributed by atoms with Crippen LogP contribution in [0.1, 0.15) is 50.2 Å². The van der Waals surface area contributed by atoms with Gasteiger partial charge < -0.3 is 15.5 Å². The number of nitrogens with zero attached hydrogens (tertiary/aromatic N) is 3. The van der Waals surface area contributed by atoms with Crippen molar-refractivity contribution in [1.29, 1.82) is 0 Å². The number of aromatic nitrogens is 2. The SMILES string of the molecule is CC(=O)Nc1c(C)nn(-c2ccc(Cl)cc2)c1N1CCC(C(=O)N[C@H](c2cccs2)C(C)C)CC1.